The molecule has 0 aromatic heterocycles. The van der Waals surface area contributed by atoms with Crippen LogP contribution in [0.25, 0.3) is 0 Å². The lowest BCUT2D eigenvalue weighted by molar-refractivity contribution is -0.138. The number of ketones is 2. The lowest BCUT2D eigenvalue weighted by atomic mass is 9.71. The highest BCUT2D eigenvalue weighted by Crippen LogP contribution is 2.50. The van der Waals surface area contributed by atoms with Gasteiger partial charge < -0.3 is 19.8 Å². The van der Waals surface area contributed by atoms with E-state index in [-0.39, 0.29) is 46.1 Å². The summed E-state index contributed by atoms with van der Waals surface area (Å²) in [5.74, 6) is -2.75. The Morgan fingerprint density at radius 3 is 1.90 bits per heavy atom. The largest absolute Gasteiger partial charge is 0.486 e. The number of ether oxygens (including phenoxy) is 1. The summed E-state index contributed by atoms with van der Waals surface area (Å²) in [4.78, 5) is 51.1. The monoisotopic (exact) mass is 569 g/mol. The highest BCUT2D eigenvalue weighted by molar-refractivity contribution is 6.37. The van der Waals surface area contributed by atoms with E-state index in [4.69, 9.17) is 33.0 Å². The average Bonchev–Trinajstić information content (AvgIpc) is 2.89. The summed E-state index contributed by atoms with van der Waals surface area (Å²) < 4.78 is 5.87. The molecule has 8 nitrogen and oxygen atoms in total. The van der Waals surface area contributed by atoms with Crippen molar-refractivity contribution in [3.8, 4) is 5.75 Å². The predicted molar refractivity (Wildman–Crippen MR) is 143 cm³/mol. The van der Waals surface area contributed by atoms with Gasteiger partial charge in [-0.3, -0.25) is 14.4 Å². The smallest absolute Gasteiger partial charge is 0.335 e. The third-order valence-electron chi connectivity index (χ3n) is 7.32. The van der Waals surface area contributed by atoms with Crippen LogP contribution in [0, 0.1) is 0 Å². The number of aliphatic carboxylic acids is 1. The van der Waals surface area contributed by atoms with Gasteiger partial charge in [0.05, 0.1) is 15.6 Å². The first kappa shape index (κ1) is 27.0. The Kier molecular flexibility index (Phi) is 7.51. The van der Waals surface area contributed by atoms with Crippen molar-refractivity contribution in [1.29, 1.82) is 0 Å². The molecule has 2 N–H and O–H groups in total. The van der Waals surface area contributed by atoms with Crippen molar-refractivity contribution in [1.82, 2.24) is 4.90 Å². The zero-order valence-electron chi connectivity index (χ0n) is 20.8. The summed E-state index contributed by atoms with van der Waals surface area (Å²) in [7, 11) is 0. The number of allylic oxidation sites excluding steroid dienone is 4. The average molecular weight is 570 g/mol. The van der Waals surface area contributed by atoms with Crippen LogP contribution in [-0.2, 0) is 21.0 Å². The molecule has 1 aliphatic heterocycles. The number of carboxylic acid groups (broad SMARTS) is 2. The third kappa shape index (κ3) is 5.18. The van der Waals surface area contributed by atoms with Crippen molar-refractivity contribution in [2.45, 2.75) is 51.0 Å². The maximum Gasteiger partial charge on any atom is 0.335 e. The van der Waals surface area contributed by atoms with Crippen LogP contribution in [0.1, 0.15) is 65.9 Å². The molecule has 0 radical (unpaired) electrons. The molecule has 0 saturated carbocycles. The molecule has 0 spiro atoms. The Hall–Kier alpha value is -3.62. The van der Waals surface area contributed by atoms with E-state index < -0.39 is 17.9 Å². The van der Waals surface area contributed by atoms with Gasteiger partial charge in [0.25, 0.3) is 0 Å². The number of halogens is 2. The lowest BCUT2D eigenvalue weighted by Gasteiger charge is -2.43. The van der Waals surface area contributed by atoms with Crippen molar-refractivity contribution in [3.05, 3.63) is 85.7 Å². The predicted octanol–water partition coefficient (Wildman–Crippen LogP) is 5.77. The molecule has 202 valence electrons. The summed E-state index contributed by atoms with van der Waals surface area (Å²) in [5, 5.41) is 19.1. The molecular formula is C29H25Cl2NO7. The second kappa shape index (κ2) is 10.9. The molecule has 2 aliphatic carbocycles. The van der Waals surface area contributed by atoms with Gasteiger partial charge >= 0.3 is 11.9 Å². The van der Waals surface area contributed by atoms with Crippen LogP contribution in [-0.4, -0.2) is 45.2 Å². The number of benzene rings is 2. The fourth-order valence-corrected chi connectivity index (χ4v) is 6.27. The van der Waals surface area contributed by atoms with Gasteiger partial charge in [-0.25, -0.2) is 4.79 Å². The van der Waals surface area contributed by atoms with Gasteiger partial charge in [-0.05, 0) is 61.1 Å². The van der Waals surface area contributed by atoms with E-state index in [9.17, 15) is 24.3 Å². The molecule has 3 aliphatic rings. The minimum absolute atomic E-state index is 0.0911. The fraction of sp³-hybridized carbons (Fsp3) is 0.310. The van der Waals surface area contributed by atoms with Gasteiger partial charge in [0.15, 0.2) is 17.3 Å². The molecule has 0 amide bonds. The van der Waals surface area contributed by atoms with E-state index in [2.05, 4.69) is 0 Å². The Bertz CT molecular complexity index is 1390. The fourth-order valence-electron chi connectivity index (χ4n) is 5.66. The van der Waals surface area contributed by atoms with Gasteiger partial charge in [0.2, 0.25) is 0 Å². The van der Waals surface area contributed by atoms with E-state index in [0.29, 0.717) is 72.2 Å². The molecule has 2 aromatic carbocycles. The Balaban J connectivity index is 1.53. The summed E-state index contributed by atoms with van der Waals surface area (Å²) in [5.41, 5.74) is 3.64. The normalized spacial score (nSPS) is 17.7. The van der Waals surface area contributed by atoms with Crippen molar-refractivity contribution in [2.75, 3.05) is 6.54 Å². The van der Waals surface area contributed by atoms with E-state index >= 15 is 0 Å². The summed E-state index contributed by atoms with van der Waals surface area (Å²) in [6, 6.07) is 9.51. The number of hydrogen-bond acceptors (Lipinski definition) is 6. The molecule has 2 aromatic rings. The summed E-state index contributed by atoms with van der Waals surface area (Å²) in [6.45, 7) is -0.222. The number of Topliss-reactive ketones (excluding diaryl/α,β-unsaturated/α-hetero) is 2. The SMILES string of the molecule is O=C(O)CN1C2=C(C(=O)CCC2)C(c2cc(Cl)c(OCc3ccc(C(=O)O)cc3)c(Cl)c2)C2=C1CCCC2=O. The molecular weight excluding hydrogens is 545 g/mol. The van der Waals surface area contributed by atoms with E-state index in [1.807, 2.05) is 0 Å². The first-order chi connectivity index (χ1) is 18.7. The first-order valence-corrected chi connectivity index (χ1v) is 13.4. The molecule has 10 heteroatoms. The van der Waals surface area contributed by atoms with E-state index in [1.165, 1.54) is 12.1 Å². The number of carbonyl (C=O) groups is 4. The van der Waals surface area contributed by atoms with Crippen molar-refractivity contribution < 1.29 is 34.1 Å². The van der Waals surface area contributed by atoms with Gasteiger partial charge in [-0.15, -0.1) is 0 Å². The lowest BCUT2D eigenvalue weighted by Crippen LogP contribution is -2.41. The maximum absolute atomic E-state index is 13.3. The van der Waals surface area contributed by atoms with Crippen LogP contribution in [0.3, 0.4) is 0 Å². The van der Waals surface area contributed by atoms with E-state index in [0.717, 1.165) is 0 Å². The van der Waals surface area contributed by atoms with Crippen molar-refractivity contribution >= 4 is 46.7 Å². The van der Waals surface area contributed by atoms with Crippen molar-refractivity contribution in [2.24, 2.45) is 0 Å². The molecule has 5 rings (SSSR count). The summed E-state index contributed by atoms with van der Waals surface area (Å²) in [6.07, 6.45) is 2.93. The Morgan fingerprint density at radius 1 is 0.872 bits per heavy atom. The second-order valence-electron chi connectivity index (χ2n) is 9.79. The van der Waals surface area contributed by atoms with Crippen LogP contribution < -0.4 is 4.74 Å². The number of rotatable bonds is 7. The van der Waals surface area contributed by atoms with Crippen molar-refractivity contribution in [3.63, 3.8) is 0 Å². The standard InChI is InChI=1S/C29H25Cl2NO7/c30-18-11-17(12-19(31)28(18)39-14-15-7-9-16(10-8-15)29(37)38)25-26-20(3-1-5-22(26)33)32(13-24(35)36)21-4-2-6-23(34)27(21)25/h7-12,25H,1-6,13-14H2,(H,35,36)(H,37,38). The van der Waals surface area contributed by atoms with Crippen LogP contribution >= 0.6 is 23.2 Å². The van der Waals surface area contributed by atoms with Gasteiger partial charge in [0, 0.05) is 41.3 Å². The molecule has 0 saturated heterocycles. The summed E-state index contributed by atoms with van der Waals surface area (Å²) >= 11 is 13.3. The number of nitrogens with zero attached hydrogens (tertiary/aromatic N) is 1. The number of hydrogen-bond donors (Lipinski definition) is 2. The third-order valence-corrected chi connectivity index (χ3v) is 7.88. The minimum Gasteiger partial charge on any atom is -0.486 e. The minimum atomic E-state index is -1.03. The molecule has 0 bridgehead atoms. The van der Waals surface area contributed by atoms with Gasteiger partial charge in [0.1, 0.15) is 13.2 Å². The van der Waals surface area contributed by atoms with Gasteiger partial charge in [-0.2, -0.15) is 0 Å². The molecule has 39 heavy (non-hydrogen) atoms. The van der Waals surface area contributed by atoms with Gasteiger partial charge in [-0.1, -0.05) is 35.3 Å². The van der Waals surface area contributed by atoms with Crippen LogP contribution in [0.15, 0.2) is 58.9 Å². The van der Waals surface area contributed by atoms with Crippen LogP contribution in [0.4, 0.5) is 0 Å². The van der Waals surface area contributed by atoms with Crippen LogP contribution in [0.5, 0.6) is 5.75 Å². The Morgan fingerprint density at radius 2 is 1.41 bits per heavy atom. The maximum atomic E-state index is 13.3. The molecule has 0 unspecified atom stereocenters. The zero-order chi connectivity index (χ0) is 27.8. The topological polar surface area (TPSA) is 121 Å². The highest BCUT2D eigenvalue weighted by Gasteiger charge is 2.44. The highest BCUT2D eigenvalue weighted by atomic mass is 35.5. The number of carbonyl (C=O) groups excluding carboxylic acids is 2. The first-order valence-electron chi connectivity index (χ1n) is 12.6. The van der Waals surface area contributed by atoms with Crippen LogP contribution in [0.2, 0.25) is 10.0 Å². The Labute approximate surface area is 234 Å². The molecule has 1 heterocycles. The number of aromatic carboxylic acids is 1. The second-order valence-corrected chi connectivity index (χ2v) is 10.6. The quantitative estimate of drug-likeness (QED) is 0.431. The van der Waals surface area contributed by atoms with E-state index in [1.54, 1.807) is 29.2 Å². The number of carboxylic acids is 2. The molecule has 0 atom stereocenters. The zero-order valence-corrected chi connectivity index (χ0v) is 22.3. The molecule has 0 fully saturated rings.